The first-order valence-electron chi connectivity index (χ1n) is 16.0. The van der Waals surface area contributed by atoms with E-state index in [2.05, 4.69) is 9.44 Å². The van der Waals surface area contributed by atoms with Gasteiger partial charge in [-0.3, -0.25) is 38.4 Å². The van der Waals surface area contributed by atoms with Crippen LogP contribution in [-0.4, -0.2) is 40.5 Å². The second-order valence-corrected chi connectivity index (χ2v) is 17.0. The molecule has 1 saturated carbocycles. The number of halogens is 2. The quantitative estimate of drug-likeness (QED) is 0.179. The average molecular weight is 778 g/mol. The van der Waals surface area contributed by atoms with Crippen LogP contribution in [0.4, 0.5) is 22.7 Å². The molecule has 12 nitrogen and oxygen atoms in total. The zero-order valence-electron chi connectivity index (χ0n) is 26.6. The molecule has 0 spiro atoms. The summed E-state index contributed by atoms with van der Waals surface area (Å²) in [6.07, 6.45) is 3.45. The number of carbonyl (C=O) groups excluding carboxylic acids is 4. The first kappa shape index (κ1) is 34.1. The largest absolute Gasteiger partial charge is 0.278 e. The SMILES string of the molecule is O=C1[C@@H]2C3C=CC([C@H]2C(=O)N1c1ccc(S(=O)(=O)Nc2ccccc2Cl)cc1)[C@@H]1C(=O)N(c2ccc(S(=O)(=O)Nc4ccccc4Cl)cc2)C(=O)[C@H]31. The molecule has 2 unspecified atom stereocenters. The Hall–Kier alpha value is -5.02. The maximum absolute atomic E-state index is 14.0. The van der Waals surface area contributed by atoms with E-state index in [1.165, 1.54) is 72.8 Å². The number of imide groups is 2. The zero-order valence-corrected chi connectivity index (χ0v) is 29.7. The van der Waals surface area contributed by atoms with Crippen molar-refractivity contribution in [2.45, 2.75) is 9.79 Å². The van der Waals surface area contributed by atoms with E-state index in [1.54, 1.807) is 36.4 Å². The summed E-state index contributed by atoms with van der Waals surface area (Å²) in [4.78, 5) is 57.6. The molecule has 3 aliphatic carbocycles. The molecule has 2 aliphatic heterocycles. The highest BCUT2D eigenvalue weighted by atomic mass is 35.5. The first-order valence-corrected chi connectivity index (χ1v) is 19.7. The summed E-state index contributed by atoms with van der Waals surface area (Å²) in [5.41, 5.74) is 0.684. The van der Waals surface area contributed by atoms with Crippen LogP contribution in [0.3, 0.4) is 0 Å². The lowest BCUT2D eigenvalue weighted by Gasteiger charge is -2.44. The van der Waals surface area contributed by atoms with Crippen LogP contribution < -0.4 is 19.2 Å². The van der Waals surface area contributed by atoms with Gasteiger partial charge in [-0.15, -0.1) is 0 Å². The van der Waals surface area contributed by atoms with Crippen LogP contribution in [0.2, 0.25) is 10.0 Å². The Kier molecular flexibility index (Phi) is 8.06. The van der Waals surface area contributed by atoms with Gasteiger partial charge in [0.25, 0.3) is 20.0 Å². The fraction of sp³-hybridized carbons (Fsp3) is 0.167. The predicted octanol–water partition coefficient (Wildman–Crippen LogP) is 5.32. The molecule has 52 heavy (non-hydrogen) atoms. The van der Waals surface area contributed by atoms with Gasteiger partial charge in [0.15, 0.2) is 0 Å². The number of nitrogens with zero attached hydrogens (tertiary/aromatic N) is 2. The molecule has 4 amide bonds. The number of carbonyl (C=O) groups is 4. The molecule has 0 radical (unpaired) electrons. The minimum atomic E-state index is -4.06. The Bertz CT molecular complexity index is 2240. The second kappa shape index (κ2) is 12.3. The number of rotatable bonds is 8. The van der Waals surface area contributed by atoms with Gasteiger partial charge < -0.3 is 0 Å². The molecule has 4 aromatic carbocycles. The van der Waals surface area contributed by atoms with E-state index in [1.807, 2.05) is 0 Å². The molecule has 3 fully saturated rings. The van der Waals surface area contributed by atoms with Gasteiger partial charge >= 0.3 is 0 Å². The van der Waals surface area contributed by atoms with E-state index >= 15 is 0 Å². The zero-order chi connectivity index (χ0) is 36.7. The number of benzene rings is 4. The molecule has 2 bridgehead atoms. The van der Waals surface area contributed by atoms with Crippen molar-refractivity contribution in [3.05, 3.63) is 119 Å². The Morgan fingerprint density at radius 2 is 0.769 bits per heavy atom. The van der Waals surface area contributed by atoms with Crippen LogP contribution in [0, 0.1) is 35.5 Å². The van der Waals surface area contributed by atoms with Gasteiger partial charge in [-0.2, -0.15) is 0 Å². The fourth-order valence-corrected chi connectivity index (χ4v) is 10.4. The molecule has 6 atom stereocenters. The third-order valence-corrected chi connectivity index (χ3v) is 13.5. The first-order chi connectivity index (χ1) is 24.8. The van der Waals surface area contributed by atoms with E-state index in [-0.39, 0.29) is 42.6 Å². The molecule has 5 aliphatic rings. The van der Waals surface area contributed by atoms with Crippen LogP contribution in [0.5, 0.6) is 0 Å². The molecule has 2 saturated heterocycles. The average Bonchev–Trinajstić information content (AvgIpc) is 3.57. The number of hydrogen-bond acceptors (Lipinski definition) is 8. The third-order valence-electron chi connectivity index (χ3n) is 10.1. The molecular formula is C36H26Cl2N4O8S2. The number of amides is 4. The number of anilines is 4. The number of sulfonamides is 2. The molecule has 2 heterocycles. The molecule has 9 rings (SSSR count). The van der Waals surface area contributed by atoms with Gasteiger partial charge in [0.05, 0.1) is 66.3 Å². The van der Waals surface area contributed by atoms with Gasteiger partial charge in [-0.05, 0) is 72.8 Å². The Morgan fingerprint density at radius 1 is 0.462 bits per heavy atom. The van der Waals surface area contributed by atoms with E-state index in [0.29, 0.717) is 0 Å². The molecular weight excluding hydrogens is 751 g/mol. The topological polar surface area (TPSA) is 167 Å². The van der Waals surface area contributed by atoms with E-state index in [4.69, 9.17) is 23.2 Å². The third kappa shape index (κ3) is 5.31. The van der Waals surface area contributed by atoms with Crippen molar-refractivity contribution in [2.75, 3.05) is 19.2 Å². The summed E-state index contributed by atoms with van der Waals surface area (Å²) in [7, 11) is -8.11. The lowest BCUT2D eigenvalue weighted by atomic mass is 9.54. The van der Waals surface area contributed by atoms with Gasteiger partial charge in [-0.1, -0.05) is 59.6 Å². The fourth-order valence-electron chi connectivity index (χ4n) is 7.78. The van der Waals surface area contributed by atoms with Crippen molar-refractivity contribution in [3.63, 3.8) is 0 Å². The highest BCUT2D eigenvalue weighted by molar-refractivity contribution is 7.93. The summed E-state index contributed by atoms with van der Waals surface area (Å²) in [5, 5.41) is 0.413. The molecule has 16 heteroatoms. The standard InChI is InChI=1S/C36H26Cl2N4O8S2/c37-25-5-1-3-7-27(25)39-51(47,48)21-13-9-19(10-14-21)41-33(43)29-23-17-18-24(30(29)34(41)44)32-31(23)35(45)42(36(32)46)20-11-15-22(16-12-20)52(49,50)40-28-8-4-2-6-26(28)38/h1-18,23-24,29-32,39-40H/t23?,24?,29-,30-,31-,32+/m1/s1. The lowest BCUT2D eigenvalue weighted by molar-refractivity contribution is -0.137. The van der Waals surface area contributed by atoms with Crippen LogP contribution in [0.1, 0.15) is 0 Å². The highest BCUT2D eigenvalue weighted by Gasteiger charge is 2.68. The smallest absolute Gasteiger partial charge is 0.261 e. The van der Waals surface area contributed by atoms with Gasteiger partial charge in [0.2, 0.25) is 23.6 Å². The summed E-state index contributed by atoms with van der Waals surface area (Å²) in [6.45, 7) is 0. The van der Waals surface area contributed by atoms with Gasteiger partial charge in [-0.25, -0.2) is 16.8 Å². The minimum Gasteiger partial charge on any atom is -0.278 e. The van der Waals surface area contributed by atoms with Crippen molar-refractivity contribution >= 4 is 89.6 Å². The second-order valence-electron chi connectivity index (χ2n) is 12.8. The number of allylic oxidation sites excluding steroid dienone is 2. The van der Waals surface area contributed by atoms with Crippen molar-refractivity contribution in [3.8, 4) is 0 Å². The van der Waals surface area contributed by atoms with Crippen molar-refractivity contribution < 1.29 is 36.0 Å². The summed E-state index contributed by atoms with van der Waals surface area (Å²) < 4.78 is 57.0. The predicted molar refractivity (Wildman–Crippen MR) is 192 cm³/mol. The number of para-hydroxylation sites is 2. The monoisotopic (exact) mass is 776 g/mol. The number of hydrogen-bond donors (Lipinski definition) is 2. The highest BCUT2D eigenvalue weighted by Crippen LogP contribution is 2.58. The van der Waals surface area contributed by atoms with Crippen LogP contribution in [0.25, 0.3) is 0 Å². The van der Waals surface area contributed by atoms with Crippen molar-refractivity contribution in [2.24, 2.45) is 35.5 Å². The van der Waals surface area contributed by atoms with Gasteiger partial charge in [0.1, 0.15) is 0 Å². The molecule has 0 aromatic heterocycles. The maximum Gasteiger partial charge on any atom is 0.261 e. The van der Waals surface area contributed by atoms with Crippen LogP contribution in [0.15, 0.2) is 119 Å². The Morgan fingerprint density at radius 3 is 1.08 bits per heavy atom. The summed E-state index contributed by atoms with van der Waals surface area (Å²) in [5.74, 6) is -7.31. The number of nitrogens with one attached hydrogen (secondary N) is 2. The molecule has 264 valence electrons. The van der Waals surface area contributed by atoms with Crippen LogP contribution >= 0.6 is 23.2 Å². The van der Waals surface area contributed by atoms with E-state index in [9.17, 15) is 36.0 Å². The molecule has 2 N–H and O–H groups in total. The lowest BCUT2D eigenvalue weighted by Crippen LogP contribution is -2.50. The normalized spacial score (nSPS) is 25.0. The van der Waals surface area contributed by atoms with E-state index in [0.717, 1.165) is 9.80 Å². The minimum absolute atomic E-state index is 0.122. The summed E-state index contributed by atoms with van der Waals surface area (Å²) >= 11 is 12.2. The Balaban J connectivity index is 1.02. The van der Waals surface area contributed by atoms with E-state index < -0.39 is 79.2 Å². The van der Waals surface area contributed by atoms with Crippen LogP contribution in [-0.2, 0) is 39.2 Å². The van der Waals surface area contributed by atoms with Crippen molar-refractivity contribution in [1.29, 1.82) is 0 Å². The Labute approximate surface area is 308 Å². The molecule has 4 aromatic rings. The van der Waals surface area contributed by atoms with Gasteiger partial charge in [0, 0.05) is 11.8 Å². The summed E-state index contributed by atoms with van der Waals surface area (Å²) in [6, 6.07) is 23.2. The maximum atomic E-state index is 14.0. The van der Waals surface area contributed by atoms with Crippen molar-refractivity contribution in [1.82, 2.24) is 0 Å².